The van der Waals surface area contributed by atoms with Crippen LogP contribution in [0.5, 0.6) is 0 Å². The van der Waals surface area contributed by atoms with Gasteiger partial charge in [0.05, 0.1) is 11.7 Å². The molecule has 2 aromatic rings. The highest BCUT2D eigenvalue weighted by molar-refractivity contribution is 5.91. The molecule has 1 aromatic carbocycles. The molecule has 0 bridgehead atoms. The standard InChI is InChI=1S/C23H24FN5O8/c1-13(30)19-8-14(4-6-28(19)37-22(33)26-11-21(31)32)17-3-2-15(9-18(17)24)29-16(12-35-23(29)34)10-25-20-5-7-36-27-20/h2-3,5,7-9,16,19H,4,6,10-12H2,1H3,(H,25,27)(H,26,33)(H,31,32). The topological polar surface area (TPSA) is 164 Å². The van der Waals surface area contributed by atoms with E-state index in [4.69, 9.17) is 19.2 Å². The lowest BCUT2D eigenvalue weighted by Crippen LogP contribution is -2.46. The van der Waals surface area contributed by atoms with Gasteiger partial charge in [0.2, 0.25) is 0 Å². The maximum absolute atomic E-state index is 15.3. The van der Waals surface area contributed by atoms with E-state index in [0.717, 1.165) is 5.06 Å². The summed E-state index contributed by atoms with van der Waals surface area (Å²) in [6.45, 7) is 1.13. The lowest BCUT2D eigenvalue weighted by molar-refractivity contribution is -0.148. The largest absolute Gasteiger partial charge is 0.480 e. The van der Waals surface area contributed by atoms with E-state index < -0.39 is 42.6 Å². The van der Waals surface area contributed by atoms with E-state index in [9.17, 15) is 19.2 Å². The van der Waals surface area contributed by atoms with Crippen molar-refractivity contribution in [3.05, 3.63) is 48.0 Å². The summed E-state index contributed by atoms with van der Waals surface area (Å²) in [5, 5.41) is 18.6. The van der Waals surface area contributed by atoms with E-state index in [0.29, 0.717) is 23.6 Å². The molecule has 1 fully saturated rings. The number of hydrogen-bond donors (Lipinski definition) is 3. The second-order valence-corrected chi connectivity index (χ2v) is 8.29. The van der Waals surface area contributed by atoms with Crippen LogP contribution in [0, 0.1) is 5.82 Å². The molecule has 2 atom stereocenters. The van der Waals surface area contributed by atoms with Crippen LogP contribution < -0.4 is 15.5 Å². The van der Waals surface area contributed by atoms with Crippen molar-refractivity contribution in [2.24, 2.45) is 0 Å². The summed E-state index contributed by atoms with van der Waals surface area (Å²) >= 11 is 0. The lowest BCUT2D eigenvalue weighted by atomic mass is 9.94. The number of aliphatic carboxylic acids is 1. The zero-order valence-electron chi connectivity index (χ0n) is 19.7. The molecule has 0 spiro atoms. The Labute approximate surface area is 209 Å². The number of amides is 2. The first-order valence-corrected chi connectivity index (χ1v) is 11.3. The van der Waals surface area contributed by atoms with Crippen LogP contribution in [-0.4, -0.2) is 77.6 Å². The van der Waals surface area contributed by atoms with Crippen molar-refractivity contribution in [3.63, 3.8) is 0 Å². The highest BCUT2D eigenvalue weighted by Gasteiger charge is 2.35. The molecule has 13 nitrogen and oxygen atoms in total. The van der Waals surface area contributed by atoms with Gasteiger partial charge in [-0.05, 0) is 37.1 Å². The summed E-state index contributed by atoms with van der Waals surface area (Å²) in [6.07, 6.45) is 1.50. The van der Waals surface area contributed by atoms with E-state index in [-0.39, 0.29) is 30.9 Å². The van der Waals surface area contributed by atoms with E-state index >= 15 is 4.39 Å². The van der Waals surface area contributed by atoms with Gasteiger partial charge in [0.25, 0.3) is 0 Å². The minimum absolute atomic E-state index is 0.0754. The van der Waals surface area contributed by atoms with Crippen molar-refractivity contribution in [2.75, 3.05) is 36.5 Å². The maximum atomic E-state index is 15.3. The van der Waals surface area contributed by atoms with Crippen LogP contribution in [0.15, 0.2) is 41.1 Å². The van der Waals surface area contributed by atoms with Crippen molar-refractivity contribution in [1.82, 2.24) is 15.5 Å². The van der Waals surface area contributed by atoms with Crippen LogP contribution in [0.4, 0.5) is 25.5 Å². The third-order valence-electron chi connectivity index (χ3n) is 5.77. The number of carbonyl (C=O) groups is 4. The Balaban J connectivity index is 1.48. The maximum Gasteiger partial charge on any atom is 0.426 e. The van der Waals surface area contributed by atoms with Crippen LogP contribution >= 0.6 is 0 Å². The average molecular weight is 517 g/mol. The quantitative estimate of drug-likeness (QED) is 0.446. The van der Waals surface area contributed by atoms with Gasteiger partial charge in [-0.3, -0.25) is 14.5 Å². The summed E-state index contributed by atoms with van der Waals surface area (Å²) in [7, 11) is 0. The molecule has 1 aromatic heterocycles. The summed E-state index contributed by atoms with van der Waals surface area (Å²) in [5.74, 6) is -1.73. The summed E-state index contributed by atoms with van der Waals surface area (Å²) < 4.78 is 25.2. The molecular formula is C23H24FN5O8. The molecule has 2 aliphatic rings. The molecule has 0 saturated carbocycles. The molecule has 1 saturated heterocycles. The van der Waals surface area contributed by atoms with E-state index in [1.165, 1.54) is 36.3 Å². The fourth-order valence-corrected chi connectivity index (χ4v) is 4.03. The molecule has 2 unspecified atom stereocenters. The number of anilines is 2. The number of cyclic esters (lactones) is 1. The van der Waals surface area contributed by atoms with Crippen LogP contribution in [-0.2, 0) is 19.2 Å². The Bertz CT molecular complexity index is 1220. The monoisotopic (exact) mass is 517 g/mol. The molecule has 14 heteroatoms. The fraction of sp³-hybridized carbons (Fsp3) is 0.348. The highest BCUT2D eigenvalue weighted by Crippen LogP contribution is 2.32. The number of carboxylic acid groups (broad SMARTS) is 1. The molecule has 3 N–H and O–H groups in total. The van der Waals surface area contributed by atoms with Gasteiger partial charge in [-0.25, -0.2) is 14.0 Å². The van der Waals surface area contributed by atoms with Crippen LogP contribution in [0.1, 0.15) is 18.9 Å². The van der Waals surface area contributed by atoms with Gasteiger partial charge >= 0.3 is 18.2 Å². The molecule has 3 heterocycles. The predicted octanol–water partition coefficient (Wildman–Crippen LogP) is 2.02. The molecular weight excluding hydrogens is 493 g/mol. The minimum Gasteiger partial charge on any atom is -0.480 e. The second kappa shape index (κ2) is 11.1. The average Bonchev–Trinajstić information content (AvgIpc) is 3.51. The van der Waals surface area contributed by atoms with Crippen LogP contribution in [0.25, 0.3) is 5.57 Å². The van der Waals surface area contributed by atoms with Gasteiger partial charge < -0.3 is 29.8 Å². The molecule has 2 amide bonds. The number of nitrogens with one attached hydrogen (secondary N) is 2. The van der Waals surface area contributed by atoms with E-state index in [1.807, 2.05) is 5.32 Å². The van der Waals surface area contributed by atoms with Crippen molar-refractivity contribution in [3.8, 4) is 0 Å². The van der Waals surface area contributed by atoms with Gasteiger partial charge in [0.1, 0.15) is 31.3 Å². The van der Waals surface area contributed by atoms with Gasteiger partial charge in [-0.2, -0.15) is 0 Å². The van der Waals surface area contributed by atoms with Gasteiger partial charge in [-0.15, -0.1) is 5.06 Å². The fourth-order valence-electron chi connectivity index (χ4n) is 4.03. The molecule has 0 radical (unpaired) electrons. The number of nitrogens with zero attached hydrogens (tertiary/aromatic N) is 3. The number of halogens is 1. The number of hydroxylamine groups is 2. The Morgan fingerprint density at radius 1 is 1.30 bits per heavy atom. The number of ketones is 1. The number of rotatable bonds is 9. The number of ether oxygens (including phenoxy) is 1. The van der Waals surface area contributed by atoms with Gasteiger partial charge in [0.15, 0.2) is 11.6 Å². The van der Waals surface area contributed by atoms with Crippen molar-refractivity contribution in [1.29, 1.82) is 0 Å². The second-order valence-electron chi connectivity index (χ2n) is 8.29. The summed E-state index contributed by atoms with van der Waals surface area (Å²) in [5.41, 5.74) is 1.05. The Hall–Kier alpha value is -4.46. The zero-order chi connectivity index (χ0) is 26.5. The summed E-state index contributed by atoms with van der Waals surface area (Å²) in [4.78, 5) is 53.4. The minimum atomic E-state index is -1.25. The molecule has 196 valence electrons. The van der Waals surface area contributed by atoms with E-state index in [2.05, 4.69) is 10.5 Å². The number of carbonyl (C=O) groups excluding carboxylic acids is 3. The number of carboxylic acids is 1. The molecule has 37 heavy (non-hydrogen) atoms. The molecule has 4 rings (SSSR count). The van der Waals surface area contributed by atoms with Crippen molar-refractivity contribution < 1.29 is 42.8 Å². The smallest absolute Gasteiger partial charge is 0.426 e. The lowest BCUT2D eigenvalue weighted by Gasteiger charge is -2.31. The predicted molar refractivity (Wildman–Crippen MR) is 125 cm³/mol. The van der Waals surface area contributed by atoms with Crippen molar-refractivity contribution in [2.45, 2.75) is 25.4 Å². The van der Waals surface area contributed by atoms with Gasteiger partial charge in [-0.1, -0.05) is 11.2 Å². The first-order chi connectivity index (χ1) is 17.7. The third kappa shape index (κ3) is 6.03. The SMILES string of the molecule is CC(=O)C1C=C(c2ccc(N3C(=O)OCC3CNc3ccon3)cc2F)CCN1OC(=O)NCC(=O)O. The highest BCUT2D eigenvalue weighted by atomic mass is 19.1. The first-order valence-electron chi connectivity index (χ1n) is 11.3. The van der Waals surface area contributed by atoms with Crippen molar-refractivity contribution >= 4 is 41.0 Å². The number of Topliss-reactive ketones (excluding diaryl/α,β-unsaturated/α-hetero) is 1. The molecule has 0 aliphatic carbocycles. The molecule has 2 aliphatic heterocycles. The van der Waals surface area contributed by atoms with Gasteiger partial charge in [0, 0.05) is 24.7 Å². The third-order valence-corrected chi connectivity index (χ3v) is 5.77. The van der Waals surface area contributed by atoms with Crippen LogP contribution in [0.3, 0.4) is 0 Å². The number of benzene rings is 1. The van der Waals surface area contributed by atoms with E-state index in [1.54, 1.807) is 12.1 Å². The normalized spacial score (nSPS) is 19.7. The Morgan fingerprint density at radius 3 is 2.78 bits per heavy atom. The summed E-state index contributed by atoms with van der Waals surface area (Å²) in [6, 6.07) is 4.54. The Kier molecular flexibility index (Phi) is 7.67. The number of aromatic nitrogens is 1. The zero-order valence-corrected chi connectivity index (χ0v) is 19.7. The number of hydrogen-bond acceptors (Lipinski definition) is 10. The Morgan fingerprint density at radius 2 is 2.11 bits per heavy atom. The van der Waals surface area contributed by atoms with Crippen LogP contribution in [0.2, 0.25) is 0 Å². The first kappa shape index (κ1) is 25.6.